The van der Waals surface area contributed by atoms with Gasteiger partial charge >= 0.3 is 0 Å². The van der Waals surface area contributed by atoms with Crippen molar-refractivity contribution in [1.82, 2.24) is 29.9 Å². The van der Waals surface area contributed by atoms with Crippen LogP contribution in [0.15, 0.2) is 59.4 Å². The molecule has 0 saturated heterocycles. The number of aromatic nitrogens is 6. The number of rotatable bonds is 12. The van der Waals surface area contributed by atoms with Crippen molar-refractivity contribution in [2.24, 2.45) is 0 Å². The number of aryl methyl sites for hydroxylation is 8. The van der Waals surface area contributed by atoms with E-state index in [0.717, 1.165) is 69.2 Å². The predicted molar refractivity (Wildman–Crippen MR) is 234 cm³/mol. The summed E-state index contributed by atoms with van der Waals surface area (Å²) in [4.78, 5) is 35.4. The monoisotopic (exact) mass is 819 g/mol. The van der Waals surface area contributed by atoms with Gasteiger partial charge in [-0.3, -0.25) is 9.78 Å². The number of anilines is 3. The Morgan fingerprint density at radius 1 is 0.517 bits per heavy atom. The molecule has 9 N–H and O–H groups in total. The smallest absolute Gasteiger partial charge is 0.256 e. The summed E-state index contributed by atoms with van der Waals surface area (Å²) in [7, 11) is 0. The van der Waals surface area contributed by atoms with Crippen LogP contribution < -0.4 is 37.0 Å². The second-order valence-corrected chi connectivity index (χ2v) is 14.3. The number of nitrogens with two attached hydrogens (primary N) is 3. The van der Waals surface area contributed by atoms with E-state index in [9.17, 15) is 4.79 Å². The van der Waals surface area contributed by atoms with Crippen LogP contribution in [-0.2, 0) is 19.3 Å². The summed E-state index contributed by atoms with van der Waals surface area (Å²) >= 11 is 0. The number of aliphatic hydroxyl groups is 2. The maximum Gasteiger partial charge on any atom is 0.256 e. The number of hydrogen-bond donors (Lipinski definition) is 6. The van der Waals surface area contributed by atoms with Gasteiger partial charge in [-0.1, -0.05) is 18.2 Å². The lowest BCUT2D eigenvalue weighted by Gasteiger charge is -2.12. The summed E-state index contributed by atoms with van der Waals surface area (Å²) in [6.07, 6.45) is 2.04. The molecule has 3 heterocycles. The zero-order chi connectivity index (χ0) is 44.1. The van der Waals surface area contributed by atoms with Gasteiger partial charge in [0.1, 0.15) is 17.2 Å². The van der Waals surface area contributed by atoms with Gasteiger partial charge in [-0.05, 0) is 143 Å². The molecule has 0 unspecified atom stereocenters. The highest BCUT2D eigenvalue weighted by molar-refractivity contribution is 5.43. The molecule has 0 fully saturated rings. The van der Waals surface area contributed by atoms with Crippen molar-refractivity contribution in [2.75, 3.05) is 37.4 Å². The van der Waals surface area contributed by atoms with Crippen molar-refractivity contribution in [3.8, 4) is 17.2 Å². The molecule has 3 aromatic heterocycles. The summed E-state index contributed by atoms with van der Waals surface area (Å²) in [5, 5.41) is 17.5. The van der Waals surface area contributed by atoms with Gasteiger partial charge in [0.2, 0.25) is 17.8 Å². The van der Waals surface area contributed by atoms with Gasteiger partial charge in [0.15, 0.2) is 13.6 Å². The van der Waals surface area contributed by atoms with Crippen molar-refractivity contribution in [2.45, 2.75) is 81.6 Å². The number of ether oxygens (including phenoxy) is 3. The highest BCUT2D eigenvalue weighted by Crippen LogP contribution is 2.25. The summed E-state index contributed by atoms with van der Waals surface area (Å²) in [5.41, 5.74) is 30.5. The summed E-state index contributed by atoms with van der Waals surface area (Å²) in [6.45, 7) is 17.6. The predicted octanol–water partition coefficient (Wildman–Crippen LogP) is 5.77. The molecule has 0 bridgehead atoms. The Hall–Kier alpha value is -6.58. The van der Waals surface area contributed by atoms with E-state index in [2.05, 4.69) is 49.0 Å². The first-order valence-electron chi connectivity index (χ1n) is 19.5. The highest BCUT2D eigenvalue weighted by Gasteiger charge is 2.13. The van der Waals surface area contributed by atoms with Crippen LogP contribution in [0.5, 0.6) is 17.2 Å². The molecule has 318 valence electrons. The average Bonchev–Trinajstić information content (AvgIpc) is 3.16. The van der Waals surface area contributed by atoms with E-state index < -0.39 is 0 Å². The molecule has 15 heteroatoms. The second-order valence-electron chi connectivity index (χ2n) is 14.3. The largest absolute Gasteiger partial charge is 0.494 e. The molecule has 0 saturated carbocycles. The lowest BCUT2D eigenvalue weighted by Crippen LogP contribution is -2.19. The maximum absolute atomic E-state index is 11.9. The molecule has 0 atom stereocenters. The molecule has 60 heavy (non-hydrogen) atoms. The van der Waals surface area contributed by atoms with Gasteiger partial charge < -0.3 is 41.6 Å². The third-order valence-electron chi connectivity index (χ3n) is 9.93. The van der Waals surface area contributed by atoms with E-state index in [1.54, 1.807) is 13.0 Å². The Morgan fingerprint density at radius 3 is 1.17 bits per heavy atom. The Kier molecular flexibility index (Phi) is 16.5. The van der Waals surface area contributed by atoms with E-state index >= 15 is 0 Å². The molecule has 0 radical (unpaired) electrons. The number of benzene rings is 3. The van der Waals surface area contributed by atoms with Gasteiger partial charge in [-0.2, -0.15) is 0 Å². The third-order valence-corrected chi connectivity index (χ3v) is 9.93. The second kappa shape index (κ2) is 21.4. The lowest BCUT2D eigenvalue weighted by molar-refractivity contribution is 0.0980. The average molecular weight is 820 g/mol. The fourth-order valence-electron chi connectivity index (χ4n) is 6.64. The van der Waals surface area contributed by atoms with Gasteiger partial charge in [0.05, 0.1) is 12.3 Å². The van der Waals surface area contributed by atoms with E-state index in [0.29, 0.717) is 47.7 Å². The minimum Gasteiger partial charge on any atom is -0.494 e. The quantitative estimate of drug-likeness (QED) is 0.0804. The number of H-pyrrole nitrogens is 1. The number of nitrogens with zero attached hydrogens (tertiary/aromatic N) is 5. The molecule has 6 aromatic rings. The summed E-state index contributed by atoms with van der Waals surface area (Å²) in [5.74, 6) is 2.94. The van der Waals surface area contributed by atoms with Crippen molar-refractivity contribution < 1.29 is 24.4 Å². The molecule has 0 amide bonds. The van der Waals surface area contributed by atoms with Crippen LogP contribution in [0, 0.1) is 55.4 Å². The van der Waals surface area contributed by atoms with Crippen molar-refractivity contribution in [1.29, 1.82) is 0 Å². The normalized spacial score (nSPS) is 10.6. The first-order valence-corrected chi connectivity index (χ1v) is 19.5. The van der Waals surface area contributed by atoms with Gasteiger partial charge in [0, 0.05) is 47.6 Å². The summed E-state index contributed by atoms with van der Waals surface area (Å²) < 4.78 is 15.6. The van der Waals surface area contributed by atoms with Gasteiger partial charge in [-0.25, -0.2) is 24.9 Å². The fourth-order valence-corrected chi connectivity index (χ4v) is 6.64. The SMILES string of the molecule is CCOc1ccc(Cc2c(C)nc(N)nc2C)c(C)c1.Cc1cc(OCO)ccc1Cc1c(C)nc(N)[nH]c1=O.Cc1cc(OCO)ccc1Cc1c(C)nc(N)nc1C. The topological polar surface area (TPSA) is 244 Å². The number of aliphatic hydroxyl groups excluding tert-OH is 2. The van der Waals surface area contributed by atoms with E-state index in [4.69, 9.17) is 41.6 Å². The fraction of sp³-hybridized carbons (Fsp3) is 0.333. The van der Waals surface area contributed by atoms with Crippen LogP contribution in [0.2, 0.25) is 0 Å². The Balaban J connectivity index is 0.000000198. The zero-order valence-electron chi connectivity index (χ0n) is 35.9. The van der Waals surface area contributed by atoms with Crippen molar-refractivity contribution in [3.05, 3.63) is 143 Å². The minimum atomic E-state index is -0.362. The van der Waals surface area contributed by atoms with Crippen molar-refractivity contribution in [3.63, 3.8) is 0 Å². The van der Waals surface area contributed by atoms with Crippen LogP contribution in [0.1, 0.15) is 85.5 Å². The van der Waals surface area contributed by atoms with Crippen LogP contribution in [0.3, 0.4) is 0 Å². The molecule has 0 aliphatic carbocycles. The minimum absolute atomic E-state index is 0.125. The summed E-state index contributed by atoms with van der Waals surface area (Å²) in [6, 6.07) is 17.4. The van der Waals surface area contributed by atoms with Crippen LogP contribution in [-0.4, -0.2) is 60.3 Å². The van der Waals surface area contributed by atoms with Crippen LogP contribution in [0.4, 0.5) is 17.8 Å². The van der Waals surface area contributed by atoms with Gasteiger partial charge in [-0.15, -0.1) is 0 Å². The first kappa shape index (κ1) is 46.1. The Bertz CT molecular complexity index is 2310. The molecule has 6 rings (SSSR count). The lowest BCUT2D eigenvalue weighted by atomic mass is 9.98. The molecule has 0 aliphatic heterocycles. The molecular formula is C45H57N9O6. The highest BCUT2D eigenvalue weighted by atomic mass is 16.6. The van der Waals surface area contributed by atoms with Crippen molar-refractivity contribution >= 4 is 17.8 Å². The maximum atomic E-state index is 11.9. The molecule has 0 spiro atoms. The third kappa shape index (κ3) is 12.7. The van der Waals surface area contributed by atoms with Crippen LogP contribution >= 0.6 is 0 Å². The van der Waals surface area contributed by atoms with E-state index in [1.807, 2.05) is 84.9 Å². The number of aromatic amines is 1. The molecular weight excluding hydrogens is 763 g/mol. The Labute approximate surface area is 351 Å². The van der Waals surface area contributed by atoms with E-state index in [-0.39, 0.29) is 25.1 Å². The van der Waals surface area contributed by atoms with E-state index in [1.165, 1.54) is 16.7 Å². The number of hydrogen-bond acceptors (Lipinski definition) is 14. The molecule has 3 aromatic carbocycles. The number of nitrogen functional groups attached to an aromatic ring is 3. The molecule has 15 nitrogen and oxygen atoms in total. The number of nitrogens with one attached hydrogen (secondary N) is 1. The first-order chi connectivity index (χ1) is 28.5. The zero-order valence-corrected chi connectivity index (χ0v) is 35.9. The Morgan fingerprint density at radius 2 is 0.850 bits per heavy atom. The van der Waals surface area contributed by atoms with Gasteiger partial charge in [0.25, 0.3) is 5.56 Å². The van der Waals surface area contributed by atoms with Crippen LogP contribution in [0.25, 0.3) is 0 Å². The molecule has 0 aliphatic rings. The standard InChI is InChI=1S/C16H21N3O.C15H19N3O2.C14H17N3O3/c1-5-20-14-7-6-13(10(2)8-14)9-15-11(3)18-16(17)19-12(15)4;1-9-6-13(20-8-19)5-4-12(9)7-14-10(2)17-15(16)18-11(14)3;1-8-5-11(20-7-18)4-3-10(8)6-12-9(2)16-14(15)17-13(12)19/h6-8H,5,9H2,1-4H3,(H2,17,18,19);4-6,19H,7-8H2,1-3H3,(H2,16,17,18);3-5,18H,6-7H2,1-2H3,(H3,15,16,17,19).